The Morgan fingerprint density at radius 2 is 1.91 bits per heavy atom. The first-order chi connectivity index (χ1) is 11.0. The van der Waals surface area contributed by atoms with Gasteiger partial charge in [-0.05, 0) is 37.1 Å². The van der Waals surface area contributed by atoms with Crippen LogP contribution in [-0.2, 0) is 9.59 Å². The summed E-state index contributed by atoms with van der Waals surface area (Å²) in [6.45, 7) is 0.369. The number of carbonyl (C=O) groups is 2. The van der Waals surface area contributed by atoms with Crippen LogP contribution in [0.3, 0.4) is 0 Å². The molecular formula is C16H18FN3O3. The number of rotatable bonds is 9. The number of hydrogen-bond donors (Lipinski definition) is 3. The van der Waals surface area contributed by atoms with Crippen LogP contribution in [0.2, 0.25) is 0 Å². The highest BCUT2D eigenvalue weighted by Gasteiger charge is 2.07. The maximum atomic E-state index is 12.8. The molecule has 1 rings (SSSR count). The molecule has 7 heteroatoms. The van der Waals surface area contributed by atoms with E-state index < -0.39 is 11.9 Å². The fraction of sp³-hybridized carbons (Fsp3) is 0.312. The minimum Gasteiger partial charge on any atom is -0.481 e. The lowest BCUT2D eigenvalue weighted by Crippen LogP contribution is -2.26. The number of nitriles is 1. The van der Waals surface area contributed by atoms with Crippen LogP contribution in [0.15, 0.2) is 36.0 Å². The Hall–Kier alpha value is -2.88. The Morgan fingerprint density at radius 3 is 2.52 bits per heavy atom. The van der Waals surface area contributed by atoms with Crippen molar-refractivity contribution in [2.45, 2.75) is 25.7 Å². The van der Waals surface area contributed by atoms with E-state index in [0.29, 0.717) is 31.5 Å². The van der Waals surface area contributed by atoms with Gasteiger partial charge in [-0.3, -0.25) is 9.59 Å². The summed E-state index contributed by atoms with van der Waals surface area (Å²) in [6, 6.07) is 7.29. The lowest BCUT2D eigenvalue weighted by atomic mass is 10.2. The normalized spacial score (nSPS) is 10.7. The number of nitrogens with one attached hydrogen (secondary N) is 2. The average molecular weight is 319 g/mol. The predicted molar refractivity (Wildman–Crippen MR) is 82.8 cm³/mol. The minimum absolute atomic E-state index is 0.0974. The van der Waals surface area contributed by atoms with Gasteiger partial charge in [0.2, 0.25) is 0 Å². The summed E-state index contributed by atoms with van der Waals surface area (Å²) in [7, 11) is 0. The number of carbonyl (C=O) groups excluding carboxylic acids is 1. The molecule has 1 aromatic carbocycles. The second-order valence-electron chi connectivity index (χ2n) is 4.78. The van der Waals surface area contributed by atoms with Gasteiger partial charge in [0.25, 0.3) is 5.91 Å². The van der Waals surface area contributed by atoms with Crippen LogP contribution in [0.25, 0.3) is 0 Å². The van der Waals surface area contributed by atoms with Gasteiger partial charge in [-0.15, -0.1) is 0 Å². The summed E-state index contributed by atoms with van der Waals surface area (Å²) >= 11 is 0. The standard InChI is InChI=1S/C16H18FN3O3/c17-13-5-7-14(8-6-13)20-11-12(10-18)16(23)19-9-3-1-2-4-15(21)22/h5-8,11,20H,1-4,9H2,(H,19,23)(H,21,22)/b12-11-. The Bertz CT molecular complexity index is 606. The first-order valence-electron chi connectivity index (χ1n) is 7.15. The molecule has 1 aromatic rings. The van der Waals surface area contributed by atoms with E-state index in [1.54, 1.807) is 6.07 Å². The number of carboxylic acids is 1. The van der Waals surface area contributed by atoms with Crippen LogP contribution in [0, 0.1) is 17.1 Å². The molecule has 122 valence electrons. The van der Waals surface area contributed by atoms with E-state index in [-0.39, 0.29) is 17.8 Å². The molecule has 0 aliphatic carbocycles. The van der Waals surface area contributed by atoms with Crippen molar-refractivity contribution in [3.8, 4) is 6.07 Å². The first kappa shape index (κ1) is 18.2. The van der Waals surface area contributed by atoms with Gasteiger partial charge in [0.15, 0.2) is 0 Å². The molecule has 0 heterocycles. The van der Waals surface area contributed by atoms with E-state index in [2.05, 4.69) is 10.6 Å². The molecule has 3 N–H and O–H groups in total. The van der Waals surface area contributed by atoms with Gasteiger partial charge in [0.1, 0.15) is 17.5 Å². The van der Waals surface area contributed by atoms with E-state index in [1.807, 2.05) is 0 Å². The van der Waals surface area contributed by atoms with Crippen molar-refractivity contribution in [3.05, 3.63) is 41.9 Å². The number of hydrogen-bond acceptors (Lipinski definition) is 4. The van der Waals surface area contributed by atoms with Crippen LogP contribution >= 0.6 is 0 Å². The quantitative estimate of drug-likeness (QED) is 0.368. The number of unbranched alkanes of at least 4 members (excludes halogenated alkanes) is 2. The maximum absolute atomic E-state index is 12.8. The van der Waals surface area contributed by atoms with E-state index >= 15 is 0 Å². The lowest BCUT2D eigenvalue weighted by molar-refractivity contribution is -0.137. The number of benzene rings is 1. The molecule has 23 heavy (non-hydrogen) atoms. The van der Waals surface area contributed by atoms with Crippen LogP contribution in [0.1, 0.15) is 25.7 Å². The Balaban J connectivity index is 2.36. The molecule has 0 aromatic heterocycles. The number of amides is 1. The molecule has 0 saturated heterocycles. The molecule has 0 bridgehead atoms. The highest BCUT2D eigenvalue weighted by Crippen LogP contribution is 2.08. The molecule has 0 atom stereocenters. The van der Waals surface area contributed by atoms with Gasteiger partial charge in [-0.25, -0.2) is 4.39 Å². The fourth-order valence-electron chi connectivity index (χ4n) is 1.73. The Morgan fingerprint density at radius 1 is 1.22 bits per heavy atom. The molecule has 0 fully saturated rings. The third-order valence-corrected chi connectivity index (χ3v) is 2.95. The molecule has 0 saturated carbocycles. The summed E-state index contributed by atoms with van der Waals surface area (Å²) in [6.07, 6.45) is 3.25. The maximum Gasteiger partial charge on any atom is 0.303 e. The van der Waals surface area contributed by atoms with Crippen molar-refractivity contribution in [2.75, 3.05) is 11.9 Å². The molecule has 0 spiro atoms. The van der Waals surface area contributed by atoms with Gasteiger partial charge in [-0.1, -0.05) is 6.42 Å². The molecule has 0 radical (unpaired) electrons. The van der Waals surface area contributed by atoms with Gasteiger partial charge in [0, 0.05) is 24.9 Å². The van der Waals surface area contributed by atoms with Crippen LogP contribution in [0.5, 0.6) is 0 Å². The summed E-state index contributed by atoms with van der Waals surface area (Å²) in [5.41, 5.74) is 0.459. The van der Waals surface area contributed by atoms with Gasteiger partial charge in [-0.2, -0.15) is 5.26 Å². The van der Waals surface area contributed by atoms with Crippen molar-refractivity contribution in [1.29, 1.82) is 5.26 Å². The van der Waals surface area contributed by atoms with E-state index in [9.17, 15) is 14.0 Å². The second kappa shape index (κ2) is 9.95. The molecule has 1 amide bonds. The number of aliphatic carboxylic acids is 1. The van der Waals surface area contributed by atoms with Gasteiger partial charge >= 0.3 is 5.97 Å². The second-order valence-corrected chi connectivity index (χ2v) is 4.78. The Labute approximate surface area is 133 Å². The third-order valence-electron chi connectivity index (χ3n) is 2.95. The lowest BCUT2D eigenvalue weighted by Gasteiger charge is -2.05. The van der Waals surface area contributed by atoms with Gasteiger partial charge < -0.3 is 15.7 Å². The molecule has 6 nitrogen and oxygen atoms in total. The van der Waals surface area contributed by atoms with Crippen LogP contribution < -0.4 is 10.6 Å². The molecular weight excluding hydrogens is 301 g/mol. The topological polar surface area (TPSA) is 102 Å². The zero-order valence-corrected chi connectivity index (χ0v) is 12.5. The highest BCUT2D eigenvalue weighted by atomic mass is 19.1. The van der Waals surface area contributed by atoms with Crippen molar-refractivity contribution in [3.63, 3.8) is 0 Å². The predicted octanol–water partition coefficient (Wildman–Crippen LogP) is 2.41. The van der Waals surface area contributed by atoms with Crippen LogP contribution in [0.4, 0.5) is 10.1 Å². The minimum atomic E-state index is -0.837. The van der Waals surface area contributed by atoms with Crippen molar-refractivity contribution in [2.24, 2.45) is 0 Å². The van der Waals surface area contributed by atoms with E-state index in [1.165, 1.54) is 30.5 Å². The highest BCUT2D eigenvalue weighted by molar-refractivity contribution is 5.97. The SMILES string of the molecule is N#C/C(=C/Nc1ccc(F)cc1)C(=O)NCCCCCC(=O)O. The molecule has 0 aliphatic heterocycles. The summed E-state index contributed by atoms with van der Waals surface area (Å²) < 4.78 is 12.8. The average Bonchev–Trinajstić information content (AvgIpc) is 2.52. The van der Waals surface area contributed by atoms with Crippen LogP contribution in [-0.4, -0.2) is 23.5 Å². The monoisotopic (exact) mass is 319 g/mol. The molecule has 0 unspecified atom stereocenters. The number of anilines is 1. The van der Waals surface area contributed by atoms with E-state index in [4.69, 9.17) is 10.4 Å². The van der Waals surface area contributed by atoms with Crippen molar-refractivity contribution < 1.29 is 19.1 Å². The number of carboxylic acid groups (broad SMARTS) is 1. The summed E-state index contributed by atoms with van der Waals surface area (Å²) in [5, 5.41) is 22.8. The van der Waals surface area contributed by atoms with Crippen molar-refractivity contribution >= 4 is 17.6 Å². The zero-order chi connectivity index (χ0) is 17.1. The zero-order valence-electron chi connectivity index (χ0n) is 12.5. The summed E-state index contributed by atoms with van der Waals surface area (Å²) in [5.74, 6) is -1.73. The largest absolute Gasteiger partial charge is 0.481 e. The first-order valence-corrected chi connectivity index (χ1v) is 7.15. The van der Waals surface area contributed by atoms with Gasteiger partial charge in [0.05, 0.1) is 0 Å². The smallest absolute Gasteiger partial charge is 0.303 e. The van der Waals surface area contributed by atoms with Crippen molar-refractivity contribution in [1.82, 2.24) is 5.32 Å². The number of nitrogens with zero attached hydrogens (tertiary/aromatic N) is 1. The summed E-state index contributed by atoms with van der Waals surface area (Å²) in [4.78, 5) is 22.1. The molecule has 0 aliphatic rings. The third kappa shape index (κ3) is 7.62. The fourth-order valence-corrected chi connectivity index (χ4v) is 1.73. The van der Waals surface area contributed by atoms with E-state index in [0.717, 1.165) is 0 Å². The Kier molecular flexibility index (Phi) is 7.86. The number of halogens is 1.